The van der Waals surface area contributed by atoms with E-state index in [4.69, 9.17) is 0 Å². The summed E-state index contributed by atoms with van der Waals surface area (Å²) in [4.78, 5) is 25.7. The lowest BCUT2D eigenvalue weighted by molar-refractivity contribution is -0.125. The number of amides is 2. The molecule has 0 unspecified atom stereocenters. The second-order valence-electron chi connectivity index (χ2n) is 6.37. The molecular weight excluding hydrogens is 361 g/mol. The first-order valence-electron chi connectivity index (χ1n) is 8.50. The lowest BCUT2D eigenvalue weighted by Crippen LogP contribution is -2.45. The van der Waals surface area contributed by atoms with Crippen molar-refractivity contribution in [1.29, 1.82) is 0 Å². The molecule has 144 valence electrons. The van der Waals surface area contributed by atoms with Crippen LogP contribution in [0.4, 0.5) is 4.39 Å². The molecule has 1 saturated heterocycles. The third-order valence-electron chi connectivity index (χ3n) is 4.18. The summed E-state index contributed by atoms with van der Waals surface area (Å²) in [5.74, 6) is -0.796. The molecule has 7 nitrogen and oxygen atoms in total. The van der Waals surface area contributed by atoms with E-state index in [1.807, 2.05) is 6.92 Å². The zero-order valence-corrected chi connectivity index (χ0v) is 15.5. The van der Waals surface area contributed by atoms with Crippen LogP contribution in [0.5, 0.6) is 0 Å². The number of likely N-dealkylation sites (N-methyl/N-ethyl adjacent to an activating group) is 1. The fourth-order valence-electron chi connectivity index (χ4n) is 2.73. The Morgan fingerprint density at radius 3 is 2.42 bits per heavy atom. The van der Waals surface area contributed by atoms with Crippen molar-refractivity contribution in [2.45, 2.75) is 25.9 Å². The van der Waals surface area contributed by atoms with Crippen LogP contribution in [0.1, 0.15) is 18.9 Å². The van der Waals surface area contributed by atoms with E-state index in [1.165, 1.54) is 12.1 Å². The largest absolute Gasteiger partial charge is 0.351 e. The third-order valence-corrected chi connectivity index (χ3v) is 5.95. The Kier molecular flexibility index (Phi) is 7.10. The standard InChI is InChI=1S/C17H24FN3O4S/c1-2-21(11-17(23)20-15-7-8-26(24,25)12-15)10-16(22)19-9-13-3-5-14(18)6-4-13/h3-6,15H,2,7-12H2,1H3,(H,19,22)(H,20,23)/t15-/m0/s1. The molecule has 26 heavy (non-hydrogen) atoms. The molecule has 1 heterocycles. The smallest absolute Gasteiger partial charge is 0.234 e. The monoisotopic (exact) mass is 385 g/mol. The lowest BCUT2D eigenvalue weighted by Gasteiger charge is -2.20. The van der Waals surface area contributed by atoms with Gasteiger partial charge in [-0.3, -0.25) is 14.5 Å². The van der Waals surface area contributed by atoms with Gasteiger partial charge >= 0.3 is 0 Å². The van der Waals surface area contributed by atoms with Crippen molar-refractivity contribution in [3.63, 3.8) is 0 Å². The summed E-state index contributed by atoms with van der Waals surface area (Å²) < 4.78 is 35.7. The summed E-state index contributed by atoms with van der Waals surface area (Å²) in [7, 11) is -3.05. The number of nitrogens with zero attached hydrogens (tertiary/aromatic N) is 1. The molecule has 0 saturated carbocycles. The van der Waals surface area contributed by atoms with E-state index in [1.54, 1.807) is 17.0 Å². The summed E-state index contributed by atoms with van der Waals surface area (Å²) in [6, 6.07) is 5.49. The van der Waals surface area contributed by atoms with Gasteiger partial charge in [0.15, 0.2) is 9.84 Å². The number of carbonyl (C=O) groups excluding carboxylic acids is 2. The minimum Gasteiger partial charge on any atom is -0.351 e. The van der Waals surface area contributed by atoms with Gasteiger partial charge in [-0.05, 0) is 30.7 Å². The Morgan fingerprint density at radius 2 is 1.85 bits per heavy atom. The maximum Gasteiger partial charge on any atom is 0.234 e. The molecule has 0 spiro atoms. The molecular formula is C17H24FN3O4S. The molecule has 0 aromatic heterocycles. The molecule has 1 aromatic rings. The van der Waals surface area contributed by atoms with Crippen LogP contribution in [0.15, 0.2) is 24.3 Å². The highest BCUT2D eigenvalue weighted by Crippen LogP contribution is 2.11. The van der Waals surface area contributed by atoms with Crippen molar-refractivity contribution < 1.29 is 22.4 Å². The van der Waals surface area contributed by atoms with Crippen LogP contribution in [0.3, 0.4) is 0 Å². The quantitative estimate of drug-likeness (QED) is 0.660. The van der Waals surface area contributed by atoms with Crippen LogP contribution in [0, 0.1) is 5.82 Å². The van der Waals surface area contributed by atoms with Crippen LogP contribution in [0.25, 0.3) is 0 Å². The topological polar surface area (TPSA) is 95.6 Å². The first-order chi connectivity index (χ1) is 12.3. The number of rotatable bonds is 8. The number of hydrogen-bond acceptors (Lipinski definition) is 5. The number of hydrogen-bond donors (Lipinski definition) is 2. The fourth-order valence-corrected chi connectivity index (χ4v) is 4.40. The van der Waals surface area contributed by atoms with Gasteiger partial charge in [0.25, 0.3) is 0 Å². The predicted octanol–water partition coefficient (Wildman–Crippen LogP) is 0.0671. The molecule has 1 aliphatic rings. The van der Waals surface area contributed by atoms with Crippen molar-refractivity contribution in [1.82, 2.24) is 15.5 Å². The summed E-state index contributed by atoms with van der Waals surface area (Å²) in [5.41, 5.74) is 0.781. The molecule has 9 heteroatoms. The average Bonchev–Trinajstić information content (AvgIpc) is 2.92. The van der Waals surface area contributed by atoms with E-state index >= 15 is 0 Å². The van der Waals surface area contributed by atoms with E-state index in [0.717, 1.165) is 5.56 Å². The lowest BCUT2D eigenvalue weighted by atomic mass is 10.2. The molecule has 1 aromatic carbocycles. The molecule has 0 radical (unpaired) electrons. The van der Waals surface area contributed by atoms with E-state index in [0.29, 0.717) is 13.0 Å². The average molecular weight is 385 g/mol. The molecule has 2 amide bonds. The Morgan fingerprint density at radius 1 is 1.19 bits per heavy atom. The van der Waals surface area contributed by atoms with E-state index in [9.17, 15) is 22.4 Å². The van der Waals surface area contributed by atoms with Crippen LogP contribution in [-0.2, 0) is 26.0 Å². The Labute approximate surface area is 152 Å². The summed E-state index contributed by atoms with van der Waals surface area (Å²) in [6.07, 6.45) is 0.429. The predicted molar refractivity (Wildman–Crippen MR) is 95.6 cm³/mol. The van der Waals surface area contributed by atoms with Crippen molar-refractivity contribution >= 4 is 21.7 Å². The minimum atomic E-state index is -3.05. The highest BCUT2D eigenvalue weighted by atomic mass is 32.2. The van der Waals surface area contributed by atoms with Crippen LogP contribution < -0.4 is 10.6 Å². The second kappa shape index (κ2) is 9.09. The number of halogens is 1. The highest BCUT2D eigenvalue weighted by molar-refractivity contribution is 7.91. The Balaban J connectivity index is 1.74. The maximum absolute atomic E-state index is 12.8. The van der Waals surface area contributed by atoms with Gasteiger partial charge in [-0.2, -0.15) is 0 Å². The number of nitrogens with one attached hydrogen (secondary N) is 2. The fraction of sp³-hybridized carbons (Fsp3) is 0.529. The van der Waals surface area contributed by atoms with Gasteiger partial charge < -0.3 is 10.6 Å². The number of sulfone groups is 1. The molecule has 1 fully saturated rings. The maximum atomic E-state index is 12.8. The minimum absolute atomic E-state index is 0.0248. The van der Waals surface area contributed by atoms with Gasteiger partial charge in [-0.15, -0.1) is 0 Å². The summed E-state index contributed by atoms with van der Waals surface area (Å²) in [6.45, 7) is 2.69. The SMILES string of the molecule is CCN(CC(=O)NCc1ccc(F)cc1)CC(=O)N[C@H]1CCS(=O)(=O)C1. The van der Waals surface area contributed by atoms with Crippen LogP contribution >= 0.6 is 0 Å². The van der Waals surface area contributed by atoms with Gasteiger partial charge in [0, 0.05) is 12.6 Å². The highest BCUT2D eigenvalue weighted by Gasteiger charge is 2.29. The molecule has 0 bridgehead atoms. The van der Waals surface area contributed by atoms with Gasteiger partial charge in [-0.25, -0.2) is 12.8 Å². The molecule has 2 N–H and O–H groups in total. The van der Waals surface area contributed by atoms with E-state index in [2.05, 4.69) is 10.6 Å². The van der Waals surface area contributed by atoms with Gasteiger partial charge in [0.1, 0.15) is 5.82 Å². The van der Waals surface area contributed by atoms with Gasteiger partial charge in [0.05, 0.1) is 24.6 Å². The molecule has 1 atom stereocenters. The van der Waals surface area contributed by atoms with E-state index < -0.39 is 9.84 Å². The first kappa shape index (κ1) is 20.3. The number of benzene rings is 1. The second-order valence-corrected chi connectivity index (χ2v) is 8.60. The Hall–Kier alpha value is -2.00. The molecule has 1 aliphatic heterocycles. The molecule has 0 aliphatic carbocycles. The van der Waals surface area contributed by atoms with Crippen molar-refractivity contribution in [2.24, 2.45) is 0 Å². The van der Waals surface area contributed by atoms with Crippen LogP contribution in [0.2, 0.25) is 0 Å². The Bertz CT molecular complexity index is 737. The zero-order chi connectivity index (χ0) is 19.2. The number of carbonyl (C=O) groups is 2. The van der Waals surface area contributed by atoms with Gasteiger partial charge in [-0.1, -0.05) is 19.1 Å². The molecule has 2 rings (SSSR count). The third kappa shape index (κ3) is 6.72. The van der Waals surface area contributed by atoms with E-state index in [-0.39, 0.29) is 54.8 Å². The normalized spacial score (nSPS) is 18.7. The van der Waals surface area contributed by atoms with Crippen molar-refractivity contribution in [3.05, 3.63) is 35.6 Å². The summed E-state index contributed by atoms with van der Waals surface area (Å²) in [5, 5.41) is 5.43. The van der Waals surface area contributed by atoms with Crippen molar-refractivity contribution in [3.8, 4) is 0 Å². The summed E-state index contributed by atoms with van der Waals surface area (Å²) >= 11 is 0. The van der Waals surface area contributed by atoms with Crippen LogP contribution in [-0.4, -0.2) is 62.3 Å². The van der Waals surface area contributed by atoms with Gasteiger partial charge in [0.2, 0.25) is 11.8 Å². The zero-order valence-electron chi connectivity index (χ0n) is 14.7. The van der Waals surface area contributed by atoms with Crippen molar-refractivity contribution in [2.75, 3.05) is 31.1 Å². The first-order valence-corrected chi connectivity index (χ1v) is 10.3.